The van der Waals surface area contributed by atoms with E-state index < -0.39 is 0 Å². The van der Waals surface area contributed by atoms with E-state index in [-0.39, 0.29) is 0 Å². The first kappa shape index (κ1) is 18.0. The summed E-state index contributed by atoms with van der Waals surface area (Å²) in [6.07, 6.45) is 21.5. The fourth-order valence-electron chi connectivity index (χ4n) is 3.85. The van der Waals surface area contributed by atoms with Crippen LogP contribution in [0.1, 0.15) is 110 Å². The largest absolute Gasteiger partial charge is 0.311 e. The van der Waals surface area contributed by atoms with Gasteiger partial charge < -0.3 is 5.32 Å². The fourth-order valence-corrected chi connectivity index (χ4v) is 3.85. The molecule has 0 aromatic rings. The van der Waals surface area contributed by atoms with Gasteiger partial charge in [-0.1, -0.05) is 84.5 Å². The lowest BCUT2D eigenvalue weighted by Crippen LogP contribution is -2.39. The summed E-state index contributed by atoms with van der Waals surface area (Å²) in [5.41, 5.74) is 0.537. The first-order chi connectivity index (χ1) is 9.83. The summed E-state index contributed by atoms with van der Waals surface area (Å²) in [5.74, 6) is 0. The molecule has 0 amide bonds. The molecule has 1 heteroatoms. The molecule has 0 radical (unpaired) electrons. The van der Waals surface area contributed by atoms with Crippen molar-refractivity contribution < 1.29 is 0 Å². The van der Waals surface area contributed by atoms with Crippen molar-refractivity contribution in [3.63, 3.8) is 0 Å². The maximum Gasteiger partial charge on any atom is 0.0181 e. The van der Waals surface area contributed by atoms with E-state index in [1.165, 1.54) is 103 Å². The van der Waals surface area contributed by atoms with Crippen LogP contribution in [0.4, 0.5) is 0 Å². The first-order valence-electron chi connectivity index (χ1n) is 9.58. The van der Waals surface area contributed by atoms with Gasteiger partial charge in [0.2, 0.25) is 0 Å². The average Bonchev–Trinajstić information content (AvgIpc) is 2.90. The lowest BCUT2D eigenvalue weighted by Gasteiger charge is -2.29. The highest BCUT2D eigenvalue weighted by Crippen LogP contribution is 2.30. The van der Waals surface area contributed by atoms with Crippen LogP contribution in [0, 0.1) is 0 Å². The Morgan fingerprint density at radius 2 is 1.30 bits per heavy atom. The lowest BCUT2D eigenvalue weighted by atomic mass is 9.86. The van der Waals surface area contributed by atoms with E-state index in [0.717, 1.165) is 0 Å². The second kappa shape index (κ2) is 11.6. The van der Waals surface area contributed by atoms with Gasteiger partial charge in [-0.05, 0) is 32.2 Å². The summed E-state index contributed by atoms with van der Waals surface area (Å²) in [7, 11) is 0. The number of hydrogen-bond acceptors (Lipinski definition) is 1. The third-order valence-corrected chi connectivity index (χ3v) is 5.07. The van der Waals surface area contributed by atoms with Crippen LogP contribution < -0.4 is 5.32 Å². The van der Waals surface area contributed by atoms with Crippen LogP contribution >= 0.6 is 0 Å². The van der Waals surface area contributed by atoms with Crippen molar-refractivity contribution in [3.8, 4) is 0 Å². The summed E-state index contributed by atoms with van der Waals surface area (Å²) in [6.45, 7) is 5.89. The van der Waals surface area contributed by atoms with Crippen LogP contribution in [0.5, 0.6) is 0 Å². The maximum absolute atomic E-state index is 3.80. The Hall–Kier alpha value is -0.0400. The molecule has 0 spiro atoms. The smallest absolute Gasteiger partial charge is 0.0181 e. The van der Waals surface area contributed by atoms with Gasteiger partial charge in [0.15, 0.2) is 0 Å². The van der Waals surface area contributed by atoms with Gasteiger partial charge in [-0.25, -0.2) is 0 Å². The second-order valence-electron chi connectivity index (χ2n) is 6.99. The average molecular weight is 282 g/mol. The molecule has 1 aliphatic rings. The summed E-state index contributed by atoms with van der Waals surface area (Å²) < 4.78 is 0. The van der Waals surface area contributed by atoms with Crippen LogP contribution in [0.2, 0.25) is 0 Å². The zero-order valence-electron chi connectivity index (χ0n) is 14.3. The monoisotopic (exact) mass is 281 g/mol. The van der Waals surface area contributed by atoms with E-state index in [4.69, 9.17) is 0 Å². The topological polar surface area (TPSA) is 12.0 Å². The second-order valence-corrected chi connectivity index (χ2v) is 6.99. The van der Waals surface area contributed by atoms with Crippen molar-refractivity contribution in [3.05, 3.63) is 0 Å². The minimum atomic E-state index is 0.537. The molecule has 0 saturated carbocycles. The van der Waals surface area contributed by atoms with E-state index in [1.54, 1.807) is 0 Å². The van der Waals surface area contributed by atoms with E-state index in [2.05, 4.69) is 19.2 Å². The molecule has 1 atom stereocenters. The third-order valence-electron chi connectivity index (χ3n) is 5.07. The standard InChI is InChI=1S/C19H39N/c1-3-5-6-7-8-9-10-11-12-13-16-19(15-4-2)17-14-18-20-19/h20H,3-18H2,1-2H3. The third kappa shape index (κ3) is 7.67. The number of hydrogen-bond donors (Lipinski definition) is 1. The van der Waals surface area contributed by atoms with Gasteiger partial charge in [-0.3, -0.25) is 0 Å². The first-order valence-corrected chi connectivity index (χ1v) is 9.58. The Morgan fingerprint density at radius 1 is 0.700 bits per heavy atom. The zero-order valence-corrected chi connectivity index (χ0v) is 14.3. The Bertz CT molecular complexity index is 206. The molecule has 20 heavy (non-hydrogen) atoms. The van der Waals surface area contributed by atoms with Crippen molar-refractivity contribution in [2.75, 3.05) is 6.54 Å². The van der Waals surface area contributed by atoms with Crippen LogP contribution in [-0.4, -0.2) is 12.1 Å². The van der Waals surface area contributed by atoms with E-state index in [0.29, 0.717) is 5.54 Å². The Labute approximate surface area is 128 Å². The molecule has 0 aromatic heterocycles. The molecule has 1 N–H and O–H groups in total. The number of unbranched alkanes of at least 4 members (excludes halogenated alkanes) is 9. The minimum absolute atomic E-state index is 0.537. The van der Waals surface area contributed by atoms with Crippen molar-refractivity contribution in [2.45, 2.75) is 116 Å². The molecule has 0 aromatic carbocycles. The maximum atomic E-state index is 3.80. The Kier molecular flexibility index (Phi) is 10.4. The van der Waals surface area contributed by atoms with Gasteiger partial charge in [0, 0.05) is 5.54 Å². The molecule has 1 fully saturated rings. The molecular formula is C19H39N. The summed E-state index contributed by atoms with van der Waals surface area (Å²) in [5, 5.41) is 3.80. The summed E-state index contributed by atoms with van der Waals surface area (Å²) in [4.78, 5) is 0. The summed E-state index contributed by atoms with van der Waals surface area (Å²) >= 11 is 0. The number of rotatable bonds is 13. The normalized spacial score (nSPS) is 22.5. The quantitative estimate of drug-likeness (QED) is 0.395. The Balaban J connectivity index is 1.91. The molecule has 1 aliphatic heterocycles. The van der Waals surface area contributed by atoms with Crippen molar-refractivity contribution in [1.29, 1.82) is 0 Å². The van der Waals surface area contributed by atoms with Gasteiger partial charge in [0.25, 0.3) is 0 Å². The molecule has 1 saturated heterocycles. The number of nitrogens with one attached hydrogen (secondary N) is 1. The van der Waals surface area contributed by atoms with Crippen LogP contribution in [0.3, 0.4) is 0 Å². The highest BCUT2D eigenvalue weighted by molar-refractivity contribution is 4.92. The molecule has 0 bridgehead atoms. The summed E-state index contributed by atoms with van der Waals surface area (Å²) in [6, 6.07) is 0. The molecular weight excluding hydrogens is 242 g/mol. The van der Waals surface area contributed by atoms with Crippen LogP contribution in [0.15, 0.2) is 0 Å². The van der Waals surface area contributed by atoms with E-state index >= 15 is 0 Å². The van der Waals surface area contributed by atoms with Gasteiger partial charge >= 0.3 is 0 Å². The molecule has 120 valence electrons. The van der Waals surface area contributed by atoms with Gasteiger partial charge in [-0.2, -0.15) is 0 Å². The molecule has 1 heterocycles. The highest BCUT2D eigenvalue weighted by atomic mass is 15.0. The van der Waals surface area contributed by atoms with Crippen molar-refractivity contribution in [2.24, 2.45) is 0 Å². The lowest BCUT2D eigenvalue weighted by molar-refractivity contribution is 0.307. The van der Waals surface area contributed by atoms with Gasteiger partial charge in [0.1, 0.15) is 0 Å². The molecule has 0 aliphatic carbocycles. The zero-order chi connectivity index (χ0) is 14.5. The van der Waals surface area contributed by atoms with E-state index in [9.17, 15) is 0 Å². The predicted octanol–water partition coefficient (Wildman–Crippen LogP) is 6.22. The predicted molar refractivity (Wildman–Crippen MR) is 91.3 cm³/mol. The Morgan fingerprint density at radius 3 is 1.80 bits per heavy atom. The van der Waals surface area contributed by atoms with Crippen molar-refractivity contribution in [1.82, 2.24) is 5.32 Å². The molecule has 1 nitrogen and oxygen atoms in total. The molecule has 1 unspecified atom stereocenters. The SMILES string of the molecule is CCCCCCCCCCCCC1(CCC)CCCN1. The minimum Gasteiger partial charge on any atom is -0.311 e. The van der Waals surface area contributed by atoms with Crippen LogP contribution in [0.25, 0.3) is 0 Å². The van der Waals surface area contributed by atoms with Gasteiger partial charge in [-0.15, -0.1) is 0 Å². The molecule has 1 rings (SSSR count). The fraction of sp³-hybridized carbons (Fsp3) is 1.00. The van der Waals surface area contributed by atoms with Crippen molar-refractivity contribution >= 4 is 0 Å². The highest BCUT2D eigenvalue weighted by Gasteiger charge is 2.31. The van der Waals surface area contributed by atoms with E-state index in [1.807, 2.05) is 0 Å². The van der Waals surface area contributed by atoms with Crippen LogP contribution in [-0.2, 0) is 0 Å². The van der Waals surface area contributed by atoms with Gasteiger partial charge in [0.05, 0.1) is 0 Å².